The van der Waals surface area contributed by atoms with Gasteiger partial charge in [-0.2, -0.15) is 0 Å². The summed E-state index contributed by atoms with van der Waals surface area (Å²) >= 11 is 5.87. The molecule has 0 N–H and O–H groups in total. The molecule has 0 aromatic heterocycles. The molecule has 4 heteroatoms. The van der Waals surface area contributed by atoms with E-state index in [1.54, 1.807) is 7.11 Å². The van der Waals surface area contributed by atoms with Crippen LogP contribution in [0.3, 0.4) is 0 Å². The zero-order chi connectivity index (χ0) is 11.4. The molecule has 0 spiro atoms. The Balaban J connectivity index is 2.04. The minimum Gasteiger partial charge on any atom is -0.383 e. The quantitative estimate of drug-likeness (QED) is 0.808. The van der Waals surface area contributed by atoms with Crippen molar-refractivity contribution in [2.75, 3.05) is 33.6 Å². The van der Waals surface area contributed by atoms with E-state index < -0.39 is 0 Å². The fourth-order valence-corrected chi connectivity index (χ4v) is 2.02. The van der Waals surface area contributed by atoms with Gasteiger partial charge >= 0.3 is 0 Å². The molecule has 1 aromatic rings. The lowest BCUT2D eigenvalue weighted by Crippen LogP contribution is -2.27. The van der Waals surface area contributed by atoms with Crippen LogP contribution in [0.2, 0.25) is 5.02 Å². The standard InChI is InChI=1S/C12H16ClNO2/c1-15-7-6-14-9-16-8-12(14)10-2-4-11(13)5-3-10/h2-5,12H,6-9H2,1H3/t12-/m0/s1. The van der Waals surface area contributed by atoms with Crippen molar-refractivity contribution in [1.29, 1.82) is 0 Å². The normalized spacial score (nSPS) is 21.5. The Morgan fingerprint density at radius 2 is 2.19 bits per heavy atom. The number of methoxy groups -OCH3 is 1. The number of ether oxygens (including phenoxy) is 2. The van der Waals surface area contributed by atoms with Gasteiger partial charge in [-0.25, -0.2) is 0 Å². The lowest BCUT2D eigenvalue weighted by atomic mass is 10.1. The Kier molecular flexibility index (Phi) is 4.18. The van der Waals surface area contributed by atoms with Gasteiger partial charge in [0.2, 0.25) is 0 Å². The number of halogens is 1. The topological polar surface area (TPSA) is 21.7 Å². The first-order valence-corrected chi connectivity index (χ1v) is 5.75. The van der Waals surface area contributed by atoms with Crippen molar-refractivity contribution in [2.24, 2.45) is 0 Å². The van der Waals surface area contributed by atoms with Gasteiger partial charge in [-0.3, -0.25) is 4.90 Å². The molecule has 2 rings (SSSR count). The Morgan fingerprint density at radius 3 is 2.88 bits per heavy atom. The fourth-order valence-electron chi connectivity index (χ4n) is 1.90. The van der Waals surface area contributed by atoms with E-state index in [-0.39, 0.29) is 0 Å². The van der Waals surface area contributed by atoms with Crippen molar-refractivity contribution >= 4 is 11.6 Å². The van der Waals surface area contributed by atoms with Crippen LogP contribution in [0.25, 0.3) is 0 Å². The summed E-state index contributed by atoms with van der Waals surface area (Å²) in [6.45, 7) is 3.04. The van der Waals surface area contributed by atoms with Gasteiger partial charge in [0.25, 0.3) is 0 Å². The Hall–Kier alpha value is -0.610. The lowest BCUT2D eigenvalue weighted by molar-refractivity contribution is 0.104. The monoisotopic (exact) mass is 241 g/mol. The van der Waals surface area contributed by atoms with Gasteiger partial charge in [-0.15, -0.1) is 0 Å². The smallest absolute Gasteiger partial charge is 0.0997 e. The first-order chi connectivity index (χ1) is 7.81. The summed E-state index contributed by atoms with van der Waals surface area (Å²) in [6, 6.07) is 8.28. The minimum atomic E-state index is 0.326. The zero-order valence-corrected chi connectivity index (χ0v) is 10.1. The SMILES string of the molecule is COCCN1COC[C@H]1c1ccc(Cl)cc1. The van der Waals surface area contributed by atoms with Gasteiger partial charge in [0.15, 0.2) is 0 Å². The molecule has 1 aliphatic rings. The molecule has 3 nitrogen and oxygen atoms in total. The molecule has 0 aliphatic carbocycles. The summed E-state index contributed by atoms with van der Waals surface area (Å²) in [4.78, 5) is 2.27. The third-order valence-electron chi connectivity index (χ3n) is 2.81. The number of nitrogens with zero attached hydrogens (tertiary/aromatic N) is 1. The molecule has 1 atom stereocenters. The molecule has 1 saturated heterocycles. The average Bonchev–Trinajstić information content (AvgIpc) is 2.75. The molecular formula is C12H16ClNO2. The van der Waals surface area contributed by atoms with Crippen LogP contribution >= 0.6 is 11.6 Å². The molecule has 1 aliphatic heterocycles. The van der Waals surface area contributed by atoms with Gasteiger partial charge in [0.05, 0.1) is 26.0 Å². The summed E-state index contributed by atoms with van der Waals surface area (Å²) in [5.74, 6) is 0. The molecule has 0 amide bonds. The van der Waals surface area contributed by atoms with Gasteiger partial charge < -0.3 is 9.47 Å². The molecule has 0 unspecified atom stereocenters. The Morgan fingerprint density at radius 1 is 1.44 bits per heavy atom. The summed E-state index contributed by atoms with van der Waals surface area (Å²) < 4.78 is 10.6. The number of hydrogen-bond donors (Lipinski definition) is 0. The van der Waals surface area contributed by atoms with Crippen molar-refractivity contribution in [3.8, 4) is 0 Å². The molecule has 0 bridgehead atoms. The van der Waals surface area contributed by atoms with Crippen LogP contribution in [0.15, 0.2) is 24.3 Å². The van der Waals surface area contributed by atoms with Crippen molar-refractivity contribution in [1.82, 2.24) is 4.90 Å². The molecule has 1 fully saturated rings. The van der Waals surface area contributed by atoms with Gasteiger partial charge in [-0.1, -0.05) is 23.7 Å². The summed E-state index contributed by atoms with van der Waals surface area (Å²) in [7, 11) is 1.72. The third kappa shape index (κ3) is 2.74. The fraction of sp³-hybridized carbons (Fsp3) is 0.500. The number of rotatable bonds is 4. The van der Waals surface area contributed by atoms with Crippen molar-refractivity contribution in [3.05, 3.63) is 34.9 Å². The average molecular weight is 242 g/mol. The van der Waals surface area contributed by atoms with Crippen LogP contribution in [0.4, 0.5) is 0 Å². The van der Waals surface area contributed by atoms with Crippen LogP contribution in [-0.2, 0) is 9.47 Å². The second kappa shape index (κ2) is 5.64. The van der Waals surface area contributed by atoms with E-state index in [1.165, 1.54) is 5.56 Å². The maximum atomic E-state index is 5.87. The maximum absolute atomic E-state index is 5.87. The lowest BCUT2D eigenvalue weighted by Gasteiger charge is -2.22. The first kappa shape index (κ1) is 11.9. The summed E-state index contributed by atoms with van der Waals surface area (Å²) in [5.41, 5.74) is 1.25. The van der Waals surface area contributed by atoms with Crippen LogP contribution in [0, 0.1) is 0 Å². The molecule has 1 heterocycles. The second-order valence-corrected chi connectivity index (χ2v) is 4.31. The van der Waals surface area contributed by atoms with E-state index in [0.717, 1.165) is 24.8 Å². The highest BCUT2D eigenvalue weighted by atomic mass is 35.5. The second-order valence-electron chi connectivity index (χ2n) is 3.87. The van der Waals surface area contributed by atoms with Crippen molar-refractivity contribution < 1.29 is 9.47 Å². The van der Waals surface area contributed by atoms with E-state index in [4.69, 9.17) is 21.1 Å². The van der Waals surface area contributed by atoms with E-state index in [9.17, 15) is 0 Å². The third-order valence-corrected chi connectivity index (χ3v) is 3.06. The minimum absolute atomic E-state index is 0.326. The van der Waals surface area contributed by atoms with Crippen LogP contribution in [0.1, 0.15) is 11.6 Å². The predicted octanol–water partition coefficient (Wildman–Crippen LogP) is 2.32. The predicted molar refractivity (Wildman–Crippen MR) is 63.6 cm³/mol. The molecule has 0 saturated carbocycles. The van der Waals surface area contributed by atoms with Crippen molar-refractivity contribution in [2.45, 2.75) is 6.04 Å². The largest absolute Gasteiger partial charge is 0.383 e. The van der Waals surface area contributed by atoms with E-state index >= 15 is 0 Å². The van der Waals surface area contributed by atoms with Crippen LogP contribution < -0.4 is 0 Å². The molecule has 0 radical (unpaired) electrons. The van der Waals surface area contributed by atoms with Gasteiger partial charge in [0, 0.05) is 18.7 Å². The highest BCUT2D eigenvalue weighted by molar-refractivity contribution is 6.30. The Labute approximate surface area is 101 Å². The van der Waals surface area contributed by atoms with E-state index in [2.05, 4.69) is 17.0 Å². The number of benzene rings is 1. The number of hydrogen-bond acceptors (Lipinski definition) is 3. The first-order valence-electron chi connectivity index (χ1n) is 5.37. The van der Waals surface area contributed by atoms with E-state index in [1.807, 2.05) is 12.1 Å². The van der Waals surface area contributed by atoms with Crippen LogP contribution in [0.5, 0.6) is 0 Å². The van der Waals surface area contributed by atoms with E-state index in [0.29, 0.717) is 12.8 Å². The van der Waals surface area contributed by atoms with Crippen LogP contribution in [-0.4, -0.2) is 38.5 Å². The van der Waals surface area contributed by atoms with Gasteiger partial charge in [-0.05, 0) is 17.7 Å². The highest BCUT2D eigenvalue weighted by Gasteiger charge is 2.26. The summed E-state index contributed by atoms with van der Waals surface area (Å²) in [5, 5.41) is 0.770. The van der Waals surface area contributed by atoms with Gasteiger partial charge in [0.1, 0.15) is 0 Å². The maximum Gasteiger partial charge on any atom is 0.0997 e. The molecule has 16 heavy (non-hydrogen) atoms. The zero-order valence-electron chi connectivity index (χ0n) is 9.36. The summed E-state index contributed by atoms with van der Waals surface area (Å²) in [6.07, 6.45) is 0. The molecule has 88 valence electrons. The highest BCUT2D eigenvalue weighted by Crippen LogP contribution is 2.26. The van der Waals surface area contributed by atoms with Crippen molar-refractivity contribution in [3.63, 3.8) is 0 Å². The molecular weight excluding hydrogens is 226 g/mol. The Bertz CT molecular complexity index is 328. The molecule has 1 aromatic carbocycles.